The zero-order chi connectivity index (χ0) is 25.2. The van der Waals surface area contributed by atoms with Crippen molar-refractivity contribution in [2.75, 3.05) is 6.61 Å². The molecule has 0 N–H and O–H groups in total. The van der Waals surface area contributed by atoms with Gasteiger partial charge in [0.25, 0.3) is 0 Å². The predicted molar refractivity (Wildman–Crippen MR) is 147 cm³/mol. The van der Waals surface area contributed by atoms with Gasteiger partial charge in [-0.05, 0) is 72.4 Å². The lowest BCUT2D eigenvalue weighted by Gasteiger charge is -2.06. The lowest BCUT2D eigenvalue weighted by molar-refractivity contribution is -0.129. The minimum Gasteiger partial charge on any atom is -0.494 e. The molecule has 4 rings (SSSR count). The molecule has 4 nitrogen and oxygen atoms in total. The maximum absolute atomic E-state index is 12.4. The molecule has 3 aromatic carbocycles. The van der Waals surface area contributed by atoms with Crippen molar-refractivity contribution in [2.45, 2.75) is 58.8 Å². The zero-order valence-electron chi connectivity index (χ0n) is 21.3. The van der Waals surface area contributed by atoms with Gasteiger partial charge in [-0.15, -0.1) is 0 Å². The topological polar surface area (TPSA) is 47.9 Å². The molecule has 0 saturated heterocycles. The second-order valence-electron chi connectivity index (χ2n) is 9.13. The lowest BCUT2D eigenvalue weighted by atomic mass is 10.00. The van der Waals surface area contributed by atoms with Crippen LogP contribution < -0.4 is 4.74 Å². The van der Waals surface area contributed by atoms with E-state index in [4.69, 9.17) is 9.47 Å². The maximum atomic E-state index is 12.4. The molecule has 0 spiro atoms. The Kier molecular flexibility index (Phi) is 9.09. The Bertz CT molecular complexity index is 1190. The van der Waals surface area contributed by atoms with E-state index in [2.05, 4.69) is 36.2 Å². The number of aryl methyl sites for hydroxylation is 1. The Labute approximate surface area is 214 Å². The summed E-state index contributed by atoms with van der Waals surface area (Å²) in [5, 5.41) is 0. The quantitative estimate of drug-likeness (QED) is 0.150. The minimum absolute atomic E-state index is 0.291. The Hall–Kier alpha value is -3.66. The lowest BCUT2D eigenvalue weighted by Crippen LogP contribution is -2.05. The fourth-order valence-corrected chi connectivity index (χ4v) is 4.30. The molecule has 0 atom stereocenters. The first-order valence-electron chi connectivity index (χ1n) is 13.1. The highest BCUT2D eigenvalue weighted by Gasteiger charge is 2.24. The van der Waals surface area contributed by atoms with E-state index in [9.17, 15) is 4.79 Å². The van der Waals surface area contributed by atoms with E-state index < -0.39 is 5.97 Å². The van der Waals surface area contributed by atoms with Crippen LogP contribution in [0.15, 0.2) is 83.5 Å². The molecule has 1 aliphatic heterocycles. The first-order chi connectivity index (χ1) is 17.7. The van der Waals surface area contributed by atoms with Crippen molar-refractivity contribution in [2.24, 2.45) is 4.99 Å². The third-order valence-electron chi connectivity index (χ3n) is 6.35. The number of ether oxygens (including phenoxy) is 2. The van der Waals surface area contributed by atoms with Crippen LogP contribution in [-0.2, 0) is 16.0 Å². The van der Waals surface area contributed by atoms with Crippen LogP contribution in [0.4, 0.5) is 0 Å². The third-order valence-corrected chi connectivity index (χ3v) is 6.35. The summed E-state index contributed by atoms with van der Waals surface area (Å²) in [4.78, 5) is 16.8. The number of carbonyl (C=O) groups is 1. The zero-order valence-corrected chi connectivity index (χ0v) is 21.3. The summed E-state index contributed by atoms with van der Waals surface area (Å²) in [6, 6.07) is 24.4. The summed E-state index contributed by atoms with van der Waals surface area (Å²) < 4.78 is 10.9. The number of cyclic esters (lactones) is 1. The van der Waals surface area contributed by atoms with Crippen LogP contribution in [0.3, 0.4) is 0 Å². The monoisotopic (exact) mass is 481 g/mol. The molecular weight excluding hydrogens is 446 g/mol. The molecule has 1 heterocycles. The number of aliphatic imine (C=N–C) groups is 1. The van der Waals surface area contributed by atoms with Crippen LogP contribution in [0.1, 0.15) is 69.1 Å². The van der Waals surface area contributed by atoms with Crippen LogP contribution in [0.25, 0.3) is 17.2 Å². The number of nitrogens with zero attached hydrogens (tertiary/aromatic N) is 1. The van der Waals surface area contributed by atoms with Gasteiger partial charge < -0.3 is 9.47 Å². The van der Waals surface area contributed by atoms with Crippen molar-refractivity contribution in [3.05, 3.63) is 95.2 Å². The molecule has 0 aromatic heterocycles. The van der Waals surface area contributed by atoms with E-state index in [0.717, 1.165) is 28.9 Å². The SMILES string of the molecule is CCCCCCCCc1ccc(-c2ccc(C3=N/C(=C\c4ccc(OCC)cc4)C(=O)O3)cc2)cc1. The standard InChI is InChI=1S/C32H35NO3/c1-3-5-6-7-8-9-10-24-11-15-26(16-12-24)27-17-19-28(20-18-27)31-33-30(32(34)36-31)23-25-13-21-29(22-14-25)35-4-2/h11-23H,3-10H2,1-2H3/b30-23-. The summed E-state index contributed by atoms with van der Waals surface area (Å²) in [7, 11) is 0. The predicted octanol–water partition coefficient (Wildman–Crippen LogP) is 8.00. The number of rotatable bonds is 12. The highest BCUT2D eigenvalue weighted by molar-refractivity contribution is 6.13. The number of unbranched alkanes of at least 4 members (excludes halogenated alkanes) is 5. The molecule has 0 saturated carbocycles. The van der Waals surface area contributed by atoms with E-state index in [1.807, 2.05) is 55.5 Å². The van der Waals surface area contributed by atoms with Crippen LogP contribution in [0.2, 0.25) is 0 Å². The second-order valence-corrected chi connectivity index (χ2v) is 9.13. The summed E-state index contributed by atoms with van der Waals surface area (Å²) >= 11 is 0. The minimum atomic E-state index is -0.441. The van der Waals surface area contributed by atoms with Crippen molar-refractivity contribution in [3.63, 3.8) is 0 Å². The van der Waals surface area contributed by atoms with Crippen molar-refractivity contribution in [3.8, 4) is 16.9 Å². The average molecular weight is 482 g/mol. The van der Waals surface area contributed by atoms with Gasteiger partial charge in [0.05, 0.1) is 6.61 Å². The number of esters is 1. The molecule has 0 fully saturated rings. The highest BCUT2D eigenvalue weighted by Crippen LogP contribution is 2.24. The molecule has 0 bridgehead atoms. The summed E-state index contributed by atoms with van der Waals surface area (Å²) in [5.74, 6) is 0.687. The largest absolute Gasteiger partial charge is 0.494 e. The van der Waals surface area contributed by atoms with Gasteiger partial charge in [-0.3, -0.25) is 0 Å². The first kappa shape index (κ1) is 25.4. The summed E-state index contributed by atoms with van der Waals surface area (Å²) in [6.07, 6.45) is 10.8. The third kappa shape index (κ3) is 6.94. The van der Waals surface area contributed by atoms with Gasteiger partial charge in [-0.25, -0.2) is 9.79 Å². The van der Waals surface area contributed by atoms with Gasteiger partial charge in [0.15, 0.2) is 5.70 Å². The molecule has 186 valence electrons. The van der Waals surface area contributed by atoms with E-state index in [0.29, 0.717) is 18.2 Å². The molecule has 3 aromatic rings. The van der Waals surface area contributed by atoms with E-state index in [1.54, 1.807) is 6.08 Å². The average Bonchev–Trinajstić information content (AvgIpc) is 3.28. The van der Waals surface area contributed by atoms with Crippen molar-refractivity contribution >= 4 is 17.9 Å². The molecule has 0 aliphatic carbocycles. The van der Waals surface area contributed by atoms with Crippen molar-refractivity contribution in [1.29, 1.82) is 0 Å². The summed E-state index contributed by atoms with van der Waals surface area (Å²) in [5.41, 5.74) is 5.63. The summed E-state index contributed by atoms with van der Waals surface area (Å²) in [6.45, 7) is 4.82. The highest BCUT2D eigenvalue weighted by atomic mass is 16.6. The number of hydrogen-bond donors (Lipinski definition) is 0. The number of carbonyl (C=O) groups excluding carboxylic acids is 1. The van der Waals surface area contributed by atoms with Gasteiger partial charge >= 0.3 is 5.97 Å². The molecule has 0 radical (unpaired) electrons. The van der Waals surface area contributed by atoms with Crippen LogP contribution in [0, 0.1) is 0 Å². The van der Waals surface area contributed by atoms with Crippen molar-refractivity contribution < 1.29 is 14.3 Å². The number of hydrogen-bond acceptors (Lipinski definition) is 4. The van der Waals surface area contributed by atoms with Gasteiger partial charge in [0.1, 0.15) is 5.75 Å². The van der Waals surface area contributed by atoms with Gasteiger partial charge in [0, 0.05) is 5.56 Å². The molecular formula is C32H35NO3. The fraction of sp³-hybridized carbons (Fsp3) is 0.312. The second kappa shape index (κ2) is 12.9. The molecule has 0 unspecified atom stereocenters. The van der Waals surface area contributed by atoms with Crippen LogP contribution in [-0.4, -0.2) is 18.5 Å². The first-order valence-corrected chi connectivity index (χ1v) is 13.1. The van der Waals surface area contributed by atoms with Crippen LogP contribution >= 0.6 is 0 Å². The van der Waals surface area contributed by atoms with Gasteiger partial charge in [-0.1, -0.05) is 87.6 Å². The van der Waals surface area contributed by atoms with Crippen molar-refractivity contribution in [1.82, 2.24) is 0 Å². The van der Waals surface area contributed by atoms with Crippen LogP contribution in [0.5, 0.6) is 5.75 Å². The maximum Gasteiger partial charge on any atom is 0.363 e. The Morgan fingerprint density at radius 1 is 0.750 bits per heavy atom. The smallest absolute Gasteiger partial charge is 0.363 e. The molecule has 4 heteroatoms. The Balaban J connectivity index is 1.36. The van der Waals surface area contributed by atoms with E-state index in [1.165, 1.54) is 49.7 Å². The number of benzene rings is 3. The Morgan fingerprint density at radius 2 is 1.36 bits per heavy atom. The molecule has 36 heavy (non-hydrogen) atoms. The Morgan fingerprint density at radius 3 is 2.03 bits per heavy atom. The van der Waals surface area contributed by atoms with Gasteiger partial charge in [0.2, 0.25) is 5.90 Å². The fourth-order valence-electron chi connectivity index (χ4n) is 4.30. The van der Waals surface area contributed by atoms with E-state index in [-0.39, 0.29) is 0 Å². The van der Waals surface area contributed by atoms with Gasteiger partial charge in [-0.2, -0.15) is 0 Å². The molecule has 1 aliphatic rings. The normalized spacial score (nSPS) is 14.1. The van der Waals surface area contributed by atoms with E-state index >= 15 is 0 Å². The molecule has 0 amide bonds.